The average Bonchev–Trinajstić information content (AvgIpc) is 2.39. The first kappa shape index (κ1) is 16.2. The second-order valence-electron chi connectivity index (χ2n) is 6.06. The minimum absolute atomic E-state index is 0.0488. The molecule has 0 amide bonds. The molecule has 0 saturated carbocycles. The highest BCUT2D eigenvalue weighted by Gasteiger charge is 2.30. The number of ether oxygens (including phenoxy) is 1. The van der Waals surface area contributed by atoms with Crippen LogP contribution in [0.5, 0.6) is 17.2 Å². The van der Waals surface area contributed by atoms with Crippen LogP contribution in [0, 0.1) is 0 Å². The summed E-state index contributed by atoms with van der Waals surface area (Å²) in [7, 11) is 0. The predicted octanol–water partition coefficient (Wildman–Crippen LogP) is 5.50. The second-order valence-corrected chi connectivity index (χ2v) is 6.06. The van der Waals surface area contributed by atoms with E-state index in [1.165, 1.54) is 12.1 Å². The van der Waals surface area contributed by atoms with Crippen molar-refractivity contribution in [2.24, 2.45) is 0 Å². The molecule has 0 unspecified atom stereocenters. The summed E-state index contributed by atoms with van der Waals surface area (Å²) in [5.74, 6) is 0.381. The molecule has 0 aliphatic rings. The third-order valence-corrected chi connectivity index (χ3v) is 3.23. The Kier molecular flexibility index (Phi) is 4.09. The van der Waals surface area contributed by atoms with E-state index in [1.807, 2.05) is 26.8 Å². The monoisotopic (exact) mass is 310 g/mol. The summed E-state index contributed by atoms with van der Waals surface area (Å²) in [6.07, 6.45) is -4.38. The van der Waals surface area contributed by atoms with Crippen molar-refractivity contribution in [3.63, 3.8) is 0 Å². The van der Waals surface area contributed by atoms with Gasteiger partial charge >= 0.3 is 6.18 Å². The fourth-order valence-electron chi connectivity index (χ4n) is 1.91. The topological polar surface area (TPSA) is 29.5 Å². The van der Waals surface area contributed by atoms with Gasteiger partial charge in [0.1, 0.15) is 5.75 Å². The second kappa shape index (κ2) is 5.55. The summed E-state index contributed by atoms with van der Waals surface area (Å²) in [5.41, 5.74) is 0.0709. The number of hydrogen-bond acceptors (Lipinski definition) is 2. The molecule has 2 aromatic carbocycles. The van der Waals surface area contributed by atoms with Crippen molar-refractivity contribution in [1.82, 2.24) is 0 Å². The highest BCUT2D eigenvalue weighted by molar-refractivity contribution is 5.46. The Morgan fingerprint density at radius 1 is 0.864 bits per heavy atom. The molecule has 0 bridgehead atoms. The molecule has 0 spiro atoms. The average molecular weight is 310 g/mol. The van der Waals surface area contributed by atoms with Gasteiger partial charge in [0.25, 0.3) is 0 Å². The zero-order valence-electron chi connectivity index (χ0n) is 12.5. The Labute approximate surface area is 127 Å². The number of hydrogen-bond donors (Lipinski definition) is 1. The van der Waals surface area contributed by atoms with Gasteiger partial charge in [0.15, 0.2) is 11.5 Å². The molecule has 2 aromatic rings. The van der Waals surface area contributed by atoms with Crippen molar-refractivity contribution < 1.29 is 23.0 Å². The van der Waals surface area contributed by atoms with E-state index in [-0.39, 0.29) is 22.7 Å². The molecular weight excluding hydrogens is 293 g/mol. The smallest absolute Gasteiger partial charge is 0.416 e. The summed E-state index contributed by atoms with van der Waals surface area (Å²) in [5, 5.41) is 9.99. The highest BCUT2D eigenvalue weighted by Crippen LogP contribution is 2.36. The van der Waals surface area contributed by atoms with Gasteiger partial charge in [-0.15, -0.1) is 0 Å². The predicted molar refractivity (Wildman–Crippen MR) is 78.3 cm³/mol. The van der Waals surface area contributed by atoms with Crippen LogP contribution in [0.25, 0.3) is 0 Å². The molecule has 0 heterocycles. The van der Waals surface area contributed by atoms with Gasteiger partial charge in [-0.25, -0.2) is 0 Å². The lowest BCUT2D eigenvalue weighted by Crippen LogP contribution is -2.10. The number of halogens is 3. The highest BCUT2D eigenvalue weighted by atomic mass is 19.4. The van der Waals surface area contributed by atoms with Crippen LogP contribution < -0.4 is 4.74 Å². The summed E-state index contributed by atoms with van der Waals surface area (Å²) >= 11 is 0. The van der Waals surface area contributed by atoms with E-state index in [1.54, 1.807) is 12.1 Å². The number of alkyl halides is 3. The van der Waals surface area contributed by atoms with E-state index in [0.29, 0.717) is 0 Å². The van der Waals surface area contributed by atoms with Gasteiger partial charge in [-0.3, -0.25) is 0 Å². The maximum atomic E-state index is 12.5. The Morgan fingerprint density at radius 3 is 1.86 bits per heavy atom. The lowest BCUT2D eigenvalue weighted by molar-refractivity contribution is -0.137. The van der Waals surface area contributed by atoms with Crippen molar-refractivity contribution in [3.05, 3.63) is 53.6 Å². The number of rotatable bonds is 2. The van der Waals surface area contributed by atoms with Crippen molar-refractivity contribution in [2.75, 3.05) is 0 Å². The van der Waals surface area contributed by atoms with Gasteiger partial charge in [-0.1, -0.05) is 26.8 Å². The molecular formula is C17H17F3O2. The number of benzene rings is 2. The summed E-state index contributed by atoms with van der Waals surface area (Å²) < 4.78 is 42.9. The fraction of sp³-hybridized carbons (Fsp3) is 0.294. The standard InChI is InChI=1S/C17H17F3O2/c1-16(2,3)12-6-9-15(14(21)10-12)22-13-7-4-11(5-8-13)17(18,19)20/h4-10,21H,1-3H3. The van der Waals surface area contributed by atoms with Crippen LogP contribution in [0.2, 0.25) is 0 Å². The Morgan fingerprint density at radius 2 is 1.41 bits per heavy atom. The molecule has 0 radical (unpaired) electrons. The first-order valence-corrected chi connectivity index (χ1v) is 6.76. The lowest BCUT2D eigenvalue weighted by atomic mass is 9.87. The largest absolute Gasteiger partial charge is 0.504 e. The van der Waals surface area contributed by atoms with Crippen LogP contribution in [-0.4, -0.2) is 5.11 Å². The molecule has 2 nitrogen and oxygen atoms in total. The van der Waals surface area contributed by atoms with Gasteiger partial charge in [-0.2, -0.15) is 13.2 Å². The van der Waals surface area contributed by atoms with Crippen molar-refractivity contribution in [3.8, 4) is 17.2 Å². The van der Waals surface area contributed by atoms with E-state index in [0.717, 1.165) is 17.7 Å². The van der Waals surface area contributed by atoms with E-state index in [4.69, 9.17) is 4.74 Å². The molecule has 0 fully saturated rings. The van der Waals surface area contributed by atoms with Gasteiger partial charge in [-0.05, 0) is 47.4 Å². The normalized spacial score (nSPS) is 12.3. The van der Waals surface area contributed by atoms with Crippen molar-refractivity contribution >= 4 is 0 Å². The van der Waals surface area contributed by atoms with E-state index in [9.17, 15) is 18.3 Å². The molecule has 0 saturated heterocycles. The first-order valence-electron chi connectivity index (χ1n) is 6.76. The number of phenols is 1. The lowest BCUT2D eigenvalue weighted by Gasteiger charge is -2.20. The summed E-state index contributed by atoms with van der Waals surface area (Å²) in [4.78, 5) is 0. The van der Waals surface area contributed by atoms with Crippen LogP contribution >= 0.6 is 0 Å². The molecule has 0 atom stereocenters. The maximum Gasteiger partial charge on any atom is 0.416 e. The van der Waals surface area contributed by atoms with Crippen LogP contribution in [0.3, 0.4) is 0 Å². The zero-order chi connectivity index (χ0) is 16.5. The Bertz CT molecular complexity index is 653. The molecule has 118 valence electrons. The van der Waals surface area contributed by atoms with Crippen LogP contribution in [0.15, 0.2) is 42.5 Å². The molecule has 2 rings (SSSR count). The number of phenolic OH excluding ortho intramolecular Hbond substituents is 1. The molecule has 0 aliphatic heterocycles. The third-order valence-electron chi connectivity index (χ3n) is 3.23. The minimum Gasteiger partial charge on any atom is -0.504 e. The van der Waals surface area contributed by atoms with Gasteiger partial charge < -0.3 is 9.84 Å². The van der Waals surface area contributed by atoms with Gasteiger partial charge in [0.05, 0.1) is 5.56 Å². The fourth-order valence-corrected chi connectivity index (χ4v) is 1.91. The molecule has 22 heavy (non-hydrogen) atoms. The minimum atomic E-state index is -4.38. The van der Waals surface area contributed by atoms with E-state index in [2.05, 4.69) is 0 Å². The zero-order valence-corrected chi connectivity index (χ0v) is 12.5. The van der Waals surface area contributed by atoms with Gasteiger partial charge in [0.2, 0.25) is 0 Å². The molecule has 0 aliphatic carbocycles. The molecule has 0 aromatic heterocycles. The first-order chi connectivity index (χ1) is 10.1. The quantitative estimate of drug-likeness (QED) is 0.793. The Balaban J connectivity index is 2.21. The van der Waals surface area contributed by atoms with Gasteiger partial charge in [0, 0.05) is 0 Å². The summed E-state index contributed by atoms with van der Waals surface area (Å²) in [6.45, 7) is 6.04. The maximum absolute atomic E-state index is 12.5. The van der Waals surface area contributed by atoms with E-state index >= 15 is 0 Å². The van der Waals surface area contributed by atoms with Crippen LogP contribution in [0.1, 0.15) is 31.9 Å². The van der Waals surface area contributed by atoms with Crippen LogP contribution in [-0.2, 0) is 11.6 Å². The van der Waals surface area contributed by atoms with Crippen LogP contribution in [0.4, 0.5) is 13.2 Å². The van der Waals surface area contributed by atoms with Crippen molar-refractivity contribution in [1.29, 1.82) is 0 Å². The number of aromatic hydroxyl groups is 1. The van der Waals surface area contributed by atoms with E-state index < -0.39 is 11.7 Å². The molecule has 5 heteroatoms. The third kappa shape index (κ3) is 3.72. The van der Waals surface area contributed by atoms with Crippen molar-refractivity contribution in [2.45, 2.75) is 32.4 Å². The summed E-state index contributed by atoms with van der Waals surface area (Å²) in [6, 6.07) is 9.35. The molecule has 1 N–H and O–H groups in total. The SMILES string of the molecule is CC(C)(C)c1ccc(Oc2ccc(C(F)(F)F)cc2)c(O)c1. The Hall–Kier alpha value is -2.17.